The van der Waals surface area contributed by atoms with Crippen LogP contribution in [0.15, 0.2) is 41.3 Å². The second-order valence-corrected chi connectivity index (χ2v) is 8.55. The Bertz CT molecular complexity index is 1040. The highest BCUT2D eigenvalue weighted by Crippen LogP contribution is 2.53. The van der Waals surface area contributed by atoms with Crippen molar-refractivity contribution in [2.75, 3.05) is 14.2 Å². The van der Waals surface area contributed by atoms with Crippen LogP contribution in [0.3, 0.4) is 0 Å². The topological polar surface area (TPSA) is 86.7 Å². The van der Waals surface area contributed by atoms with E-state index < -0.39 is 26.4 Å². The van der Waals surface area contributed by atoms with Crippen molar-refractivity contribution in [3.8, 4) is 11.1 Å². The third-order valence-electron chi connectivity index (χ3n) is 4.84. The highest BCUT2D eigenvalue weighted by molar-refractivity contribution is 8.13. The summed E-state index contributed by atoms with van der Waals surface area (Å²) in [6, 6.07) is 10.00. The average molecular weight is 409 g/mol. The summed E-state index contributed by atoms with van der Waals surface area (Å²) in [5.74, 6) is -1.87. The molecule has 0 unspecified atom stereocenters. The van der Waals surface area contributed by atoms with Crippen LogP contribution in [-0.4, -0.2) is 34.6 Å². The van der Waals surface area contributed by atoms with Gasteiger partial charge in [-0.25, -0.2) is 8.42 Å². The van der Waals surface area contributed by atoms with E-state index in [0.29, 0.717) is 28.7 Å². The van der Waals surface area contributed by atoms with Crippen molar-refractivity contribution < 1.29 is 27.5 Å². The minimum absolute atomic E-state index is 0.0169. The molecule has 0 saturated carbocycles. The van der Waals surface area contributed by atoms with Gasteiger partial charge in [-0.3, -0.25) is 9.59 Å². The number of ether oxygens (including phenoxy) is 2. The molecule has 0 bridgehead atoms. The van der Waals surface area contributed by atoms with Gasteiger partial charge in [0.15, 0.2) is 0 Å². The summed E-state index contributed by atoms with van der Waals surface area (Å²) in [7, 11) is 3.74. The van der Waals surface area contributed by atoms with Gasteiger partial charge in [-0.1, -0.05) is 43.3 Å². The standard InChI is InChI=1S/C19H17ClO6S/c1-4-11-9-10-13-12-7-5-6-8-14(12)19(17(21)25-2,18(22)26-3)15(13)16(11)27(20,23)24/h5-10H,4H2,1-3H3. The number of rotatable bonds is 4. The SMILES string of the molecule is CCc1ccc2c(c1S(=O)(=O)Cl)C(C(=O)OC)(C(=O)OC)c1ccccc1-2. The Kier molecular flexibility index (Phi) is 4.78. The average Bonchev–Trinajstić information content (AvgIpc) is 2.96. The maximum absolute atomic E-state index is 13.0. The van der Waals surface area contributed by atoms with Gasteiger partial charge in [0, 0.05) is 16.2 Å². The number of esters is 2. The van der Waals surface area contributed by atoms with Gasteiger partial charge in [-0.2, -0.15) is 0 Å². The minimum Gasteiger partial charge on any atom is -0.468 e. The number of hydrogen-bond donors (Lipinski definition) is 0. The maximum atomic E-state index is 13.0. The lowest BCUT2D eigenvalue weighted by Gasteiger charge is -2.27. The molecule has 0 spiro atoms. The molecule has 8 heteroatoms. The van der Waals surface area contributed by atoms with Gasteiger partial charge in [0.25, 0.3) is 9.05 Å². The monoisotopic (exact) mass is 408 g/mol. The smallest absolute Gasteiger partial charge is 0.332 e. The zero-order chi connectivity index (χ0) is 20.0. The van der Waals surface area contributed by atoms with Crippen molar-refractivity contribution >= 4 is 31.7 Å². The van der Waals surface area contributed by atoms with Gasteiger partial charge in [-0.15, -0.1) is 0 Å². The molecule has 2 aromatic rings. The number of fused-ring (bicyclic) bond motifs is 3. The Morgan fingerprint density at radius 1 is 1.00 bits per heavy atom. The normalized spacial score (nSPS) is 14.2. The van der Waals surface area contributed by atoms with E-state index in [1.807, 2.05) is 0 Å². The van der Waals surface area contributed by atoms with Crippen molar-refractivity contribution in [3.63, 3.8) is 0 Å². The molecule has 0 fully saturated rings. The summed E-state index contributed by atoms with van der Waals surface area (Å²) in [6.45, 7) is 1.76. The molecule has 0 N–H and O–H groups in total. The van der Waals surface area contributed by atoms with Crippen molar-refractivity contribution in [3.05, 3.63) is 53.1 Å². The number of hydrogen-bond acceptors (Lipinski definition) is 6. The molecule has 0 atom stereocenters. The molecule has 1 aliphatic rings. The lowest BCUT2D eigenvalue weighted by atomic mass is 9.77. The van der Waals surface area contributed by atoms with E-state index in [9.17, 15) is 18.0 Å². The Labute approximate surface area is 161 Å². The molecule has 142 valence electrons. The molecule has 1 aliphatic carbocycles. The van der Waals surface area contributed by atoms with E-state index in [1.165, 1.54) is 0 Å². The summed E-state index contributed by atoms with van der Waals surface area (Å²) < 4.78 is 34.9. The fourth-order valence-corrected chi connectivity index (χ4v) is 5.33. The Morgan fingerprint density at radius 2 is 1.59 bits per heavy atom. The largest absolute Gasteiger partial charge is 0.468 e. The molecular weight excluding hydrogens is 392 g/mol. The number of halogens is 1. The predicted molar refractivity (Wildman–Crippen MR) is 99.1 cm³/mol. The van der Waals surface area contributed by atoms with Gasteiger partial charge < -0.3 is 9.47 Å². The number of aryl methyl sites for hydroxylation is 1. The van der Waals surface area contributed by atoms with Crippen LogP contribution in [0.5, 0.6) is 0 Å². The second-order valence-electron chi connectivity index (χ2n) is 6.05. The zero-order valence-electron chi connectivity index (χ0n) is 14.9. The van der Waals surface area contributed by atoms with Crippen LogP contribution in [0.25, 0.3) is 11.1 Å². The minimum atomic E-state index is -4.29. The first-order valence-corrected chi connectivity index (χ1v) is 10.4. The number of carbonyl (C=O) groups excluding carboxylic acids is 2. The maximum Gasteiger partial charge on any atom is 0.332 e. The summed E-state index contributed by atoms with van der Waals surface area (Å²) in [6.07, 6.45) is 0.337. The van der Waals surface area contributed by atoms with Gasteiger partial charge in [0.1, 0.15) is 0 Å². The molecule has 6 nitrogen and oxygen atoms in total. The summed E-state index contributed by atoms with van der Waals surface area (Å²) in [5.41, 5.74) is -0.415. The van der Waals surface area contributed by atoms with Gasteiger partial charge in [0.2, 0.25) is 5.41 Å². The van der Waals surface area contributed by atoms with Crippen LogP contribution < -0.4 is 0 Å². The third kappa shape index (κ3) is 2.56. The summed E-state index contributed by atoms with van der Waals surface area (Å²) in [5, 5.41) is 0. The molecule has 0 amide bonds. The second kappa shape index (κ2) is 6.65. The molecule has 3 rings (SSSR count). The van der Waals surface area contributed by atoms with Gasteiger partial charge >= 0.3 is 11.9 Å². The van der Waals surface area contributed by atoms with Crippen molar-refractivity contribution in [2.24, 2.45) is 0 Å². The first kappa shape index (κ1) is 19.4. The molecule has 0 aliphatic heterocycles. The Hall–Kier alpha value is -2.38. The van der Waals surface area contributed by atoms with E-state index in [-0.39, 0.29) is 10.5 Å². The summed E-state index contributed by atoms with van der Waals surface area (Å²) >= 11 is 0. The third-order valence-corrected chi connectivity index (χ3v) is 6.26. The fourth-order valence-electron chi connectivity index (χ4n) is 3.77. The number of benzene rings is 2. The number of carbonyl (C=O) groups is 2. The Balaban J connectivity index is 2.63. The van der Waals surface area contributed by atoms with E-state index in [0.717, 1.165) is 14.2 Å². The molecule has 0 heterocycles. The predicted octanol–water partition coefficient (Wildman–Crippen LogP) is 2.79. The first-order chi connectivity index (χ1) is 12.7. The van der Waals surface area contributed by atoms with Crippen molar-refractivity contribution in [1.82, 2.24) is 0 Å². The van der Waals surface area contributed by atoms with E-state index in [4.69, 9.17) is 20.2 Å². The first-order valence-electron chi connectivity index (χ1n) is 8.12. The molecule has 2 aromatic carbocycles. The van der Waals surface area contributed by atoms with Gasteiger partial charge in [-0.05, 0) is 28.7 Å². The lowest BCUT2D eigenvalue weighted by molar-refractivity contribution is -0.159. The Morgan fingerprint density at radius 3 is 2.11 bits per heavy atom. The molecule has 0 radical (unpaired) electrons. The van der Waals surface area contributed by atoms with Crippen LogP contribution in [-0.2, 0) is 39.9 Å². The van der Waals surface area contributed by atoms with Crippen molar-refractivity contribution in [2.45, 2.75) is 23.7 Å². The molecule has 0 aromatic heterocycles. The lowest BCUT2D eigenvalue weighted by Crippen LogP contribution is -2.45. The van der Waals surface area contributed by atoms with Crippen LogP contribution >= 0.6 is 10.7 Å². The highest BCUT2D eigenvalue weighted by Gasteiger charge is 2.59. The molecule has 0 saturated heterocycles. The quantitative estimate of drug-likeness (QED) is 0.439. The zero-order valence-corrected chi connectivity index (χ0v) is 16.5. The fraction of sp³-hybridized carbons (Fsp3) is 0.263. The number of methoxy groups -OCH3 is 2. The van der Waals surface area contributed by atoms with Crippen LogP contribution in [0.1, 0.15) is 23.6 Å². The summed E-state index contributed by atoms with van der Waals surface area (Å²) in [4.78, 5) is 25.7. The van der Waals surface area contributed by atoms with Crippen molar-refractivity contribution in [1.29, 1.82) is 0 Å². The van der Waals surface area contributed by atoms with Crippen LogP contribution in [0.2, 0.25) is 0 Å². The van der Waals surface area contributed by atoms with Crippen LogP contribution in [0.4, 0.5) is 0 Å². The molecular formula is C19H17ClO6S. The highest BCUT2D eigenvalue weighted by atomic mass is 35.7. The molecule has 27 heavy (non-hydrogen) atoms. The van der Waals surface area contributed by atoms with E-state index in [1.54, 1.807) is 43.3 Å². The van der Waals surface area contributed by atoms with E-state index in [2.05, 4.69) is 0 Å². The van der Waals surface area contributed by atoms with Gasteiger partial charge in [0.05, 0.1) is 19.1 Å². The van der Waals surface area contributed by atoms with E-state index >= 15 is 0 Å². The van der Waals surface area contributed by atoms with Crippen LogP contribution in [0, 0.1) is 0 Å².